The van der Waals surface area contributed by atoms with Crippen molar-refractivity contribution in [3.8, 4) is 11.6 Å². The van der Waals surface area contributed by atoms with E-state index in [1.54, 1.807) is 23.7 Å². The number of nitrogens with two attached hydrogens (primary N) is 1. The van der Waals surface area contributed by atoms with Crippen molar-refractivity contribution in [2.45, 2.75) is 39.7 Å². The Labute approximate surface area is 124 Å². The van der Waals surface area contributed by atoms with Crippen LogP contribution in [0.15, 0.2) is 18.2 Å². The van der Waals surface area contributed by atoms with Crippen molar-refractivity contribution in [1.82, 2.24) is 9.78 Å². The van der Waals surface area contributed by atoms with Crippen LogP contribution in [0.2, 0.25) is 0 Å². The van der Waals surface area contributed by atoms with Crippen molar-refractivity contribution in [1.29, 1.82) is 0 Å². The van der Waals surface area contributed by atoms with Crippen LogP contribution in [0.4, 0.5) is 4.39 Å². The first-order valence-corrected chi connectivity index (χ1v) is 7.14. The average molecular weight is 291 g/mol. The normalized spacial score (nSPS) is 12.5. The van der Waals surface area contributed by atoms with E-state index in [9.17, 15) is 4.39 Å². The van der Waals surface area contributed by atoms with Gasteiger partial charge < -0.3 is 10.5 Å². The van der Waals surface area contributed by atoms with Crippen molar-refractivity contribution < 1.29 is 9.13 Å². The molecule has 1 aromatic carbocycles. The van der Waals surface area contributed by atoms with Gasteiger partial charge in [0.25, 0.3) is 0 Å². The molecule has 0 aliphatic rings. The van der Waals surface area contributed by atoms with Gasteiger partial charge in [0.15, 0.2) is 0 Å². The Morgan fingerprint density at radius 1 is 1.38 bits per heavy atom. The number of nitrogens with zero attached hydrogens (tertiary/aromatic N) is 2. The number of hydrogen-bond acceptors (Lipinski definition) is 3. The fraction of sp³-hybridized carbons (Fsp3) is 0.438. The van der Waals surface area contributed by atoms with Gasteiger partial charge in [-0.1, -0.05) is 13.0 Å². The molecule has 4 nitrogen and oxygen atoms in total. The number of benzene rings is 1. The Balaban J connectivity index is 2.32. The SMILES string of the molecule is CCC(N)Cc1c(C)nn(C)c1Oc1ccc(C)c(F)c1. The first-order valence-electron chi connectivity index (χ1n) is 7.14. The maximum Gasteiger partial charge on any atom is 0.221 e. The molecule has 1 heterocycles. The molecule has 2 N–H and O–H groups in total. The lowest BCUT2D eigenvalue weighted by molar-refractivity contribution is 0.420. The van der Waals surface area contributed by atoms with Gasteiger partial charge in [0.2, 0.25) is 5.88 Å². The molecule has 0 spiro atoms. The van der Waals surface area contributed by atoms with E-state index < -0.39 is 0 Å². The van der Waals surface area contributed by atoms with E-state index in [1.807, 2.05) is 20.9 Å². The lowest BCUT2D eigenvalue weighted by Crippen LogP contribution is -2.21. The smallest absolute Gasteiger partial charge is 0.221 e. The summed E-state index contributed by atoms with van der Waals surface area (Å²) in [5, 5.41) is 4.38. The molecule has 114 valence electrons. The molecule has 2 aromatic rings. The molecule has 5 heteroatoms. The van der Waals surface area contributed by atoms with Crippen LogP contribution in [0.1, 0.15) is 30.2 Å². The molecule has 1 unspecified atom stereocenters. The van der Waals surface area contributed by atoms with Gasteiger partial charge in [0, 0.05) is 24.7 Å². The number of aryl methyl sites for hydroxylation is 3. The highest BCUT2D eigenvalue weighted by Gasteiger charge is 2.18. The maximum atomic E-state index is 13.6. The van der Waals surface area contributed by atoms with Crippen LogP contribution in [-0.4, -0.2) is 15.8 Å². The third-order valence-corrected chi connectivity index (χ3v) is 3.64. The number of ether oxygens (including phenoxy) is 1. The first kappa shape index (κ1) is 15.5. The lowest BCUT2D eigenvalue weighted by atomic mass is 10.1. The molecule has 1 atom stereocenters. The van der Waals surface area contributed by atoms with Gasteiger partial charge in [-0.2, -0.15) is 5.10 Å². The van der Waals surface area contributed by atoms with E-state index in [1.165, 1.54) is 6.07 Å². The van der Waals surface area contributed by atoms with Crippen LogP contribution in [0.5, 0.6) is 11.6 Å². The monoisotopic (exact) mass is 291 g/mol. The van der Waals surface area contributed by atoms with Crippen molar-refractivity contribution in [3.63, 3.8) is 0 Å². The molecule has 0 fully saturated rings. The second kappa shape index (κ2) is 6.26. The summed E-state index contributed by atoms with van der Waals surface area (Å²) in [6, 6.07) is 4.90. The minimum Gasteiger partial charge on any atom is -0.439 e. The largest absolute Gasteiger partial charge is 0.439 e. The third kappa shape index (κ3) is 3.42. The van der Waals surface area contributed by atoms with Crippen LogP contribution >= 0.6 is 0 Å². The zero-order chi connectivity index (χ0) is 15.6. The van der Waals surface area contributed by atoms with E-state index in [-0.39, 0.29) is 11.9 Å². The predicted octanol–water partition coefficient (Wildman–Crippen LogP) is 3.25. The molecule has 0 saturated carbocycles. The number of halogens is 1. The molecule has 2 rings (SSSR count). The highest BCUT2D eigenvalue weighted by molar-refractivity contribution is 5.37. The third-order valence-electron chi connectivity index (χ3n) is 3.64. The van der Waals surface area contributed by atoms with E-state index in [4.69, 9.17) is 10.5 Å². The predicted molar refractivity (Wildman–Crippen MR) is 81.1 cm³/mol. The van der Waals surface area contributed by atoms with Gasteiger partial charge in [-0.25, -0.2) is 9.07 Å². The van der Waals surface area contributed by atoms with Gasteiger partial charge in [-0.15, -0.1) is 0 Å². The topological polar surface area (TPSA) is 53.1 Å². The summed E-state index contributed by atoms with van der Waals surface area (Å²) in [7, 11) is 1.81. The Bertz CT molecular complexity index is 637. The molecule has 1 aromatic heterocycles. The molecule has 0 amide bonds. The first-order chi connectivity index (χ1) is 9.92. The van der Waals surface area contributed by atoms with Crippen molar-refractivity contribution >= 4 is 0 Å². The van der Waals surface area contributed by atoms with Crippen molar-refractivity contribution in [2.75, 3.05) is 0 Å². The van der Waals surface area contributed by atoms with Crippen LogP contribution in [-0.2, 0) is 13.5 Å². The summed E-state index contributed by atoms with van der Waals surface area (Å²) in [6.45, 7) is 5.70. The second-order valence-electron chi connectivity index (χ2n) is 5.38. The van der Waals surface area contributed by atoms with Gasteiger partial charge in [-0.3, -0.25) is 0 Å². The zero-order valence-corrected chi connectivity index (χ0v) is 13.0. The Hall–Kier alpha value is -1.88. The molecule has 0 aliphatic heterocycles. The van der Waals surface area contributed by atoms with Crippen LogP contribution < -0.4 is 10.5 Å². The standard InChI is InChI=1S/C16H22FN3O/c1-5-12(18)8-14-11(3)19-20(4)16(14)21-13-7-6-10(2)15(17)9-13/h6-7,9,12H,5,8,18H2,1-4H3. The fourth-order valence-corrected chi connectivity index (χ4v) is 2.20. The maximum absolute atomic E-state index is 13.6. The summed E-state index contributed by atoms with van der Waals surface area (Å²) in [5.41, 5.74) is 8.50. The van der Waals surface area contributed by atoms with Crippen molar-refractivity contribution in [3.05, 3.63) is 40.8 Å². The number of hydrogen-bond donors (Lipinski definition) is 1. The molecule has 0 radical (unpaired) electrons. The summed E-state index contributed by atoms with van der Waals surface area (Å²) in [5.74, 6) is 0.810. The molecule has 0 saturated heterocycles. The van der Waals surface area contributed by atoms with Crippen LogP contribution in [0.3, 0.4) is 0 Å². The Morgan fingerprint density at radius 3 is 2.71 bits per heavy atom. The molecular formula is C16H22FN3O. The summed E-state index contributed by atoms with van der Waals surface area (Å²) < 4.78 is 21.1. The zero-order valence-electron chi connectivity index (χ0n) is 13.0. The average Bonchev–Trinajstić information content (AvgIpc) is 2.69. The van der Waals surface area contributed by atoms with Crippen molar-refractivity contribution in [2.24, 2.45) is 12.8 Å². The van der Waals surface area contributed by atoms with E-state index >= 15 is 0 Å². The number of rotatable bonds is 5. The molecule has 0 bridgehead atoms. The second-order valence-corrected chi connectivity index (χ2v) is 5.38. The molecule has 0 aliphatic carbocycles. The quantitative estimate of drug-likeness (QED) is 0.920. The highest BCUT2D eigenvalue weighted by atomic mass is 19.1. The van der Waals surface area contributed by atoms with Gasteiger partial charge >= 0.3 is 0 Å². The Morgan fingerprint density at radius 2 is 2.10 bits per heavy atom. The van der Waals surface area contributed by atoms with Crippen LogP contribution in [0.25, 0.3) is 0 Å². The van der Waals surface area contributed by atoms with Gasteiger partial charge in [0.05, 0.1) is 5.69 Å². The number of aromatic nitrogens is 2. The van der Waals surface area contributed by atoms with E-state index in [2.05, 4.69) is 5.10 Å². The summed E-state index contributed by atoms with van der Waals surface area (Å²) in [6.07, 6.45) is 1.58. The lowest BCUT2D eigenvalue weighted by Gasteiger charge is -2.12. The highest BCUT2D eigenvalue weighted by Crippen LogP contribution is 2.29. The molecule has 21 heavy (non-hydrogen) atoms. The van der Waals surface area contributed by atoms with E-state index in [0.29, 0.717) is 23.6 Å². The minimum atomic E-state index is -0.279. The summed E-state index contributed by atoms with van der Waals surface area (Å²) in [4.78, 5) is 0. The Kier molecular flexibility index (Phi) is 4.63. The van der Waals surface area contributed by atoms with Gasteiger partial charge in [0.1, 0.15) is 11.6 Å². The van der Waals surface area contributed by atoms with Gasteiger partial charge in [-0.05, 0) is 38.3 Å². The van der Waals surface area contributed by atoms with E-state index in [0.717, 1.165) is 17.7 Å². The summed E-state index contributed by atoms with van der Waals surface area (Å²) >= 11 is 0. The van der Waals surface area contributed by atoms with Crippen LogP contribution in [0, 0.1) is 19.7 Å². The minimum absolute atomic E-state index is 0.0602. The fourth-order valence-electron chi connectivity index (χ4n) is 2.20. The molecular weight excluding hydrogens is 269 g/mol.